The molecule has 0 amide bonds. The summed E-state index contributed by atoms with van der Waals surface area (Å²) in [5, 5.41) is 0. The average molecular weight is 636 g/mol. The summed E-state index contributed by atoms with van der Waals surface area (Å²) in [5.41, 5.74) is 22.1. The van der Waals surface area contributed by atoms with Crippen molar-refractivity contribution >= 4 is 107 Å². The fourth-order valence-corrected chi connectivity index (χ4v) is 7.07. The third-order valence-corrected chi connectivity index (χ3v) is 9.62. The van der Waals surface area contributed by atoms with Crippen LogP contribution in [-0.2, 0) is 31.5 Å². The molecule has 12 nitrogen and oxygen atoms in total. The first-order valence-electron chi connectivity index (χ1n) is 7.84. The number of carbonyl (C=O) groups is 4. The molecular formula is C12H25ClN4O8S4Sn. The molecule has 0 radical (unpaired) electrons. The molecule has 0 saturated heterocycles. The molecule has 0 aromatic carbocycles. The number of halogens is 1. The molecule has 4 unspecified atom stereocenters. The molecule has 0 fully saturated rings. The summed E-state index contributed by atoms with van der Waals surface area (Å²) in [5.74, 6) is -5.55. The second-order valence-electron chi connectivity index (χ2n) is 5.34. The van der Waals surface area contributed by atoms with Gasteiger partial charge in [-0.1, -0.05) is 0 Å². The van der Waals surface area contributed by atoms with Crippen molar-refractivity contribution in [2.45, 2.75) is 24.2 Å². The monoisotopic (exact) mass is 636 g/mol. The van der Waals surface area contributed by atoms with Crippen LogP contribution >= 0.6 is 62.9 Å². The second-order valence-corrected chi connectivity index (χ2v) is 12.0. The van der Waals surface area contributed by atoms with Crippen LogP contribution in [0.2, 0.25) is 0 Å². The Labute approximate surface area is 207 Å². The first-order valence-corrected chi connectivity index (χ1v) is 15.0. The fraction of sp³-hybridized carbons (Fsp3) is 0.667. The SMILES string of the molecule is Cl.NC(CS)C(=O)[O][Sn]([O]C(=O)C(N)CS)([O]C(=O)C(N)CS)[O]C(=O)C(N)CS. The van der Waals surface area contributed by atoms with Gasteiger partial charge >= 0.3 is 196 Å². The standard InChI is InChI=1S/4C3H7NO2S.ClH.Sn/c4*4-2(1-7)3(5)6;;/h4*2,7H,1,4H2,(H,5,6);1H;/q;;;;;+4/p-4. The van der Waals surface area contributed by atoms with Crippen molar-refractivity contribution in [2.75, 3.05) is 23.0 Å². The van der Waals surface area contributed by atoms with Crippen molar-refractivity contribution in [1.82, 2.24) is 0 Å². The zero-order chi connectivity index (χ0) is 22.8. The molecular weight excluding hydrogens is 611 g/mol. The van der Waals surface area contributed by atoms with Crippen molar-refractivity contribution in [3.8, 4) is 0 Å². The molecule has 18 heteroatoms. The third kappa shape index (κ3) is 10.7. The molecule has 0 rings (SSSR count). The van der Waals surface area contributed by atoms with Crippen LogP contribution in [0, 0.1) is 0 Å². The quantitative estimate of drug-likeness (QED) is 0.0800. The van der Waals surface area contributed by atoms with Gasteiger partial charge in [0.25, 0.3) is 0 Å². The Hall–Kier alpha value is 0.209. The van der Waals surface area contributed by atoms with Gasteiger partial charge in [-0.25, -0.2) is 0 Å². The van der Waals surface area contributed by atoms with Gasteiger partial charge in [-0.05, 0) is 0 Å². The first kappa shape index (κ1) is 32.4. The van der Waals surface area contributed by atoms with E-state index < -0.39 is 68.1 Å². The van der Waals surface area contributed by atoms with Crippen LogP contribution in [0.4, 0.5) is 0 Å². The summed E-state index contributed by atoms with van der Waals surface area (Å²) in [6, 6.07) is -5.27. The molecule has 0 bridgehead atoms. The normalized spacial score (nSPS) is 16.5. The van der Waals surface area contributed by atoms with E-state index in [9.17, 15) is 19.2 Å². The summed E-state index contributed by atoms with van der Waals surface area (Å²) < 4.78 is 20.1. The van der Waals surface area contributed by atoms with Crippen LogP contribution in [0.1, 0.15) is 0 Å². The van der Waals surface area contributed by atoms with Gasteiger partial charge in [-0.2, -0.15) is 0 Å². The van der Waals surface area contributed by atoms with Crippen LogP contribution in [0.25, 0.3) is 0 Å². The maximum absolute atomic E-state index is 12.2. The maximum atomic E-state index is 12.2. The summed E-state index contributed by atoms with van der Waals surface area (Å²) in [4.78, 5) is 48.8. The molecule has 0 aliphatic rings. The van der Waals surface area contributed by atoms with Gasteiger partial charge in [0.15, 0.2) is 0 Å². The Bertz CT molecular complexity index is 509. The van der Waals surface area contributed by atoms with E-state index in [2.05, 4.69) is 50.5 Å². The summed E-state index contributed by atoms with van der Waals surface area (Å²) in [6.07, 6.45) is 0. The fourth-order valence-electron chi connectivity index (χ4n) is 1.22. The molecule has 0 saturated carbocycles. The number of carbonyl (C=O) groups excluding carboxylic acids is 4. The Balaban J connectivity index is 0. The van der Waals surface area contributed by atoms with Gasteiger partial charge in [0.2, 0.25) is 0 Å². The van der Waals surface area contributed by atoms with E-state index in [1.54, 1.807) is 0 Å². The van der Waals surface area contributed by atoms with Crippen molar-refractivity contribution in [1.29, 1.82) is 0 Å². The Morgan fingerprint density at radius 1 is 0.567 bits per heavy atom. The molecule has 0 aromatic heterocycles. The molecule has 0 aromatic rings. The van der Waals surface area contributed by atoms with Crippen LogP contribution in [-0.4, -0.2) is 91.1 Å². The number of nitrogens with two attached hydrogens (primary N) is 4. The van der Waals surface area contributed by atoms with E-state index in [0.29, 0.717) is 0 Å². The van der Waals surface area contributed by atoms with E-state index in [1.807, 2.05) is 0 Å². The molecule has 0 aliphatic heterocycles. The zero-order valence-corrected chi connectivity index (χ0v) is 22.7. The number of hydrogen-bond acceptors (Lipinski definition) is 16. The topological polar surface area (TPSA) is 209 Å². The predicted octanol–water partition coefficient (Wildman–Crippen LogP) is -2.95. The number of thiol groups is 4. The van der Waals surface area contributed by atoms with Crippen LogP contribution in [0.5, 0.6) is 0 Å². The molecule has 4 atom stereocenters. The van der Waals surface area contributed by atoms with Gasteiger partial charge in [-0.15, -0.1) is 12.4 Å². The van der Waals surface area contributed by atoms with E-state index >= 15 is 0 Å². The summed E-state index contributed by atoms with van der Waals surface area (Å²) in [7, 11) is 0. The number of hydrogen-bond donors (Lipinski definition) is 8. The molecule has 30 heavy (non-hydrogen) atoms. The summed E-state index contributed by atoms with van der Waals surface area (Å²) >= 11 is 9.19. The third-order valence-electron chi connectivity index (χ3n) is 2.90. The van der Waals surface area contributed by atoms with Gasteiger partial charge in [0.1, 0.15) is 0 Å². The Morgan fingerprint density at radius 3 is 0.867 bits per heavy atom. The van der Waals surface area contributed by atoms with Gasteiger partial charge < -0.3 is 0 Å². The molecule has 0 aliphatic carbocycles. The van der Waals surface area contributed by atoms with Gasteiger partial charge in [0, 0.05) is 0 Å². The van der Waals surface area contributed by atoms with E-state index in [4.69, 9.17) is 35.2 Å². The minimum atomic E-state index is -6.18. The van der Waals surface area contributed by atoms with E-state index in [-0.39, 0.29) is 35.4 Å². The number of rotatable bonds is 12. The predicted molar refractivity (Wildman–Crippen MR) is 125 cm³/mol. The van der Waals surface area contributed by atoms with Gasteiger partial charge in [0.05, 0.1) is 0 Å². The molecule has 0 heterocycles. The molecule has 8 N–H and O–H groups in total. The molecule has 176 valence electrons. The van der Waals surface area contributed by atoms with Crippen molar-refractivity contribution < 1.29 is 31.5 Å². The summed E-state index contributed by atoms with van der Waals surface area (Å²) in [6.45, 7) is 0. The van der Waals surface area contributed by atoms with E-state index in [1.165, 1.54) is 0 Å². The second kappa shape index (κ2) is 15.9. The first-order chi connectivity index (χ1) is 13.5. The minimum absolute atomic E-state index is 0. The van der Waals surface area contributed by atoms with E-state index in [0.717, 1.165) is 0 Å². The van der Waals surface area contributed by atoms with Crippen LogP contribution in [0.15, 0.2) is 0 Å². The average Bonchev–Trinajstić information content (AvgIpc) is 2.70. The van der Waals surface area contributed by atoms with Gasteiger partial charge in [-0.3, -0.25) is 0 Å². The Morgan fingerprint density at radius 2 is 0.733 bits per heavy atom. The van der Waals surface area contributed by atoms with Crippen molar-refractivity contribution in [3.63, 3.8) is 0 Å². The zero-order valence-electron chi connectivity index (χ0n) is 15.4. The molecule has 0 spiro atoms. The van der Waals surface area contributed by atoms with Crippen molar-refractivity contribution in [2.24, 2.45) is 22.9 Å². The Kier molecular flexibility index (Phi) is 17.2. The van der Waals surface area contributed by atoms with Crippen LogP contribution in [0.3, 0.4) is 0 Å². The van der Waals surface area contributed by atoms with Crippen LogP contribution < -0.4 is 22.9 Å². The van der Waals surface area contributed by atoms with Crippen molar-refractivity contribution in [3.05, 3.63) is 0 Å².